The zero-order valence-corrected chi connectivity index (χ0v) is 14.9. The summed E-state index contributed by atoms with van der Waals surface area (Å²) in [6, 6.07) is 4.74. The highest BCUT2D eigenvalue weighted by Gasteiger charge is 2.35. The van der Waals surface area contributed by atoms with E-state index in [1.807, 2.05) is 0 Å². The van der Waals surface area contributed by atoms with E-state index >= 15 is 0 Å². The average molecular weight is 373 g/mol. The molecule has 0 bridgehead atoms. The van der Waals surface area contributed by atoms with Gasteiger partial charge in [0.2, 0.25) is 0 Å². The lowest BCUT2D eigenvalue weighted by Crippen LogP contribution is -2.21. The van der Waals surface area contributed by atoms with E-state index < -0.39 is 15.6 Å². The maximum Gasteiger partial charge on any atom is 0.263 e. The fraction of sp³-hybridized carbons (Fsp3) is 0.400. The molecule has 8 heteroatoms. The summed E-state index contributed by atoms with van der Waals surface area (Å²) in [5.74, 6) is 0. The monoisotopic (exact) mass is 372 g/mol. The molecule has 0 atom stereocenters. The van der Waals surface area contributed by atoms with Gasteiger partial charge in [0.15, 0.2) is 5.13 Å². The summed E-state index contributed by atoms with van der Waals surface area (Å²) >= 11 is 7.17. The minimum Gasteiger partial charge on any atom is -0.384 e. The predicted molar refractivity (Wildman–Crippen MR) is 91.5 cm³/mol. The van der Waals surface area contributed by atoms with Crippen LogP contribution in [0.4, 0.5) is 5.13 Å². The second-order valence-electron chi connectivity index (χ2n) is 5.75. The van der Waals surface area contributed by atoms with E-state index in [0.717, 1.165) is 12.8 Å². The average Bonchev–Trinajstić information content (AvgIpc) is 3.11. The van der Waals surface area contributed by atoms with Gasteiger partial charge in [-0.15, -0.1) is 11.3 Å². The fourth-order valence-electron chi connectivity index (χ4n) is 2.80. The summed E-state index contributed by atoms with van der Waals surface area (Å²) in [5.41, 5.74) is 0.111. The van der Waals surface area contributed by atoms with Crippen LogP contribution in [-0.2, 0) is 15.6 Å². The number of hydrogen-bond acceptors (Lipinski definition) is 5. The fourth-order valence-corrected chi connectivity index (χ4v) is 5.35. The van der Waals surface area contributed by atoms with Crippen molar-refractivity contribution in [2.75, 3.05) is 4.72 Å². The minimum atomic E-state index is -3.76. The molecule has 0 spiro atoms. The van der Waals surface area contributed by atoms with Gasteiger partial charge in [-0.05, 0) is 37.5 Å². The lowest BCUT2D eigenvalue weighted by Gasteiger charge is -2.18. The molecule has 3 rings (SSSR count). The molecule has 1 fully saturated rings. The summed E-state index contributed by atoms with van der Waals surface area (Å²) in [7, 11) is -3.76. The van der Waals surface area contributed by atoms with Gasteiger partial charge < -0.3 is 5.11 Å². The Morgan fingerprint density at radius 1 is 1.35 bits per heavy atom. The van der Waals surface area contributed by atoms with Gasteiger partial charge in [-0.3, -0.25) is 4.72 Å². The van der Waals surface area contributed by atoms with E-state index in [9.17, 15) is 13.5 Å². The van der Waals surface area contributed by atoms with Crippen molar-refractivity contribution in [1.29, 1.82) is 0 Å². The molecule has 0 saturated heterocycles. The van der Waals surface area contributed by atoms with E-state index in [0.29, 0.717) is 29.1 Å². The lowest BCUT2D eigenvalue weighted by atomic mass is 9.99. The Kier molecular flexibility index (Phi) is 4.39. The normalized spacial score (nSPS) is 17.3. The SMILES string of the molecule is Cc1c(Cl)cccc1S(=O)(=O)Nc1nc(C2(O)CCCC2)cs1. The van der Waals surface area contributed by atoms with Crippen LogP contribution in [-0.4, -0.2) is 18.5 Å². The van der Waals surface area contributed by atoms with Crippen LogP contribution >= 0.6 is 22.9 Å². The number of halogens is 1. The molecule has 2 aromatic rings. The Balaban J connectivity index is 1.87. The Bertz CT molecular complexity index is 827. The van der Waals surface area contributed by atoms with Crippen LogP contribution in [0.2, 0.25) is 5.02 Å². The lowest BCUT2D eigenvalue weighted by molar-refractivity contribution is 0.0407. The Morgan fingerprint density at radius 3 is 2.74 bits per heavy atom. The Labute approximate surface area is 144 Å². The first kappa shape index (κ1) is 16.7. The molecule has 1 aromatic heterocycles. The number of thiazole rings is 1. The van der Waals surface area contributed by atoms with E-state index in [-0.39, 0.29) is 10.0 Å². The summed E-state index contributed by atoms with van der Waals surface area (Å²) in [5, 5.41) is 12.9. The molecule has 0 amide bonds. The van der Waals surface area contributed by atoms with Gasteiger partial charge in [0.25, 0.3) is 10.0 Å². The molecular weight excluding hydrogens is 356 g/mol. The van der Waals surface area contributed by atoms with Crippen LogP contribution in [0.25, 0.3) is 0 Å². The summed E-state index contributed by atoms with van der Waals surface area (Å²) in [6.45, 7) is 1.66. The summed E-state index contributed by atoms with van der Waals surface area (Å²) < 4.78 is 27.5. The van der Waals surface area contributed by atoms with Crippen molar-refractivity contribution in [3.63, 3.8) is 0 Å². The van der Waals surface area contributed by atoms with Crippen molar-refractivity contribution in [3.8, 4) is 0 Å². The van der Waals surface area contributed by atoms with Gasteiger partial charge >= 0.3 is 0 Å². The smallest absolute Gasteiger partial charge is 0.263 e. The first-order valence-corrected chi connectivity index (χ1v) is 10.0. The second kappa shape index (κ2) is 6.05. The van der Waals surface area contributed by atoms with Gasteiger partial charge in [0.05, 0.1) is 10.6 Å². The number of rotatable bonds is 4. The zero-order chi connectivity index (χ0) is 16.7. The third-order valence-corrected chi connectivity index (χ3v) is 6.92. The first-order chi connectivity index (χ1) is 10.8. The molecule has 5 nitrogen and oxygen atoms in total. The van der Waals surface area contributed by atoms with E-state index in [1.54, 1.807) is 24.4 Å². The second-order valence-corrected chi connectivity index (χ2v) is 8.66. The number of nitrogens with zero attached hydrogens (tertiary/aromatic N) is 1. The minimum absolute atomic E-state index is 0.126. The molecule has 0 radical (unpaired) electrons. The highest BCUT2D eigenvalue weighted by molar-refractivity contribution is 7.93. The third kappa shape index (κ3) is 3.24. The van der Waals surface area contributed by atoms with Gasteiger partial charge in [-0.2, -0.15) is 0 Å². The van der Waals surface area contributed by atoms with Gasteiger partial charge in [-0.1, -0.05) is 30.5 Å². The maximum atomic E-state index is 12.5. The van der Waals surface area contributed by atoms with Crippen molar-refractivity contribution in [2.24, 2.45) is 0 Å². The Hall–Kier alpha value is -1.15. The number of anilines is 1. The van der Waals surface area contributed by atoms with E-state index in [1.165, 1.54) is 17.4 Å². The summed E-state index contributed by atoms with van der Waals surface area (Å²) in [4.78, 5) is 4.40. The topological polar surface area (TPSA) is 79.3 Å². The zero-order valence-electron chi connectivity index (χ0n) is 12.5. The van der Waals surface area contributed by atoms with E-state index in [4.69, 9.17) is 11.6 Å². The number of benzene rings is 1. The van der Waals surface area contributed by atoms with Gasteiger partial charge in [0.1, 0.15) is 5.60 Å². The number of aliphatic hydroxyl groups is 1. The molecule has 1 aliphatic carbocycles. The molecule has 0 unspecified atom stereocenters. The number of nitrogens with one attached hydrogen (secondary N) is 1. The van der Waals surface area contributed by atoms with Crippen molar-refractivity contribution in [3.05, 3.63) is 39.9 Å². The van der Waals surface area contributed by atoms with Crippen molar-refractivity contribution >= 4 is 38.1 Å². The predicted octanol–water partition coefficient (Wildman–Crippen LogP) is 3.67. The largest absolute Gasteiger partial charge is 0.384 e. The van der Waals surface area contributed by atoms with Gasteiger partial charge in [-0.25, -0.2) is 13.4 Å². The van der Waals surface area contributed by atoms with Crippen molar-refractivity contribution in [1.82, 2.24) is 4.98 Å². The molecule has 1 heterocycles. The third-order valence-electron chi connectivity index (χ3n) is 4.14. The number of aromatic nitrogens is 1. The van der Waals surface area contributed by atoms with Crippen LogP contribution in [0.15, 0.2) is 28.5 Å². The van der Waals surface area contributed by atoms with Crippen molar-refractivity contribution in [2.45, 2.75) is 43.1 Å². The highest BCUT2D eigenvalue weighted by atomic mass is 35.5. The molecule has 124 valence electrons. The quantitative estimate of drug-likeness (QED) is 0.858. The molecule has 23 heavy (non-hydrogen) atoms. The van der Waals surface area contributed by atoms with Crippen LogP contribution in [0.5, 0.6) is 0 Å². The van der Waals surface area contributed by atoms with Crippen LogP contribution in [0.1, 0.15) is 36.9 Å². The molecule has 2 N–H and O–H groups in total. The first-order valence-electron chi connectivity index (χ1n) is 7.28. The van der Waals surface area contributed by atoms with E-state index in [2.05, 4.69) is 9.71 Å². The van der Waals surface area contributed by atoms with Crippen LogP contribution in [0.3, 0.4) is 0 Å². The standard InChI is InChI=1S/C15H17ClN2O3S2/c1-10-11(16)5-4-6-12(10)23(20,21)18-14-17-13(9-22-14)15(19)7-2-3-8-15/h4-6,9,19H,2-3,7-8H2,1H3,(H,17,18). The van der Waals surface area contributed by atoms with Gasteiger partial charge in [0, 0.05) is 10.4 Å². The van der Waals surface area contributed by atoms with Crippen molar-refractivity contribution < 1.29 is 13.5 Å². The molecule has 1 aromatic carbocycles. The molecular formula is C15H17ClN2O3S2. The van der Waals surface area contributed by atoms with Crippen LogP contribution in [0, 0.1) is 6.92 Å². The molecule has 0 aliphatic heterocycles. The number of hydrogen-bond donors (Lipinski definition) is 2. The maximum absolute atomic E-state index is 12.5. The van der Waals surface area contributed by atoms with Crippen LogP contribution < -0.4 is 4.72 Å². The molecule has 1 aliphatic rings. The number of sulfonamides is 1. The summed E-state index contributed by atoms with van der Waals surface area (Å²) in [6.07, 6.45) is 3.24. The highest BCUT2D eigenvalue weighted by Crippen LogP contribution is 2.39. The molecule has 1 saturated carbocycles. The Morgan fingerprint density at radius 2 is 2.04 bits per heavy atom.